The number of hydroxylamine groups is 2. The topological polar surface area (TPSA) is 55.6 Å². The zero-order valence-electron chi connectivity index (χ0n) is 8.25. The maximum absolute atomic E-state index is 13.3. The predicted octanol–water partition coefficient (Wildman–Crippen LogP) is 1.18. The van der Waals surface area contributed by atoms with Crippen LogP contribution in [0, 0.1) is 11.6 Å². The lowest BCUT2D eigenvalue weighted by Crippen LogP contribution is -2.26. The summed E-state index contributed by atoms with van der Waals surface area (Å²) >= 11 is 0. The van der Waals surface area contributed by atoms with E-state index in [0.717, 1.165) is 17.2 Å². The van der Waals surface area contributed by atoms with Gasteiger partial charge in [0, 0.05) is 7.05 Å². The van der Waals surface area contributed by atoms with E-state index < -0.39 is 28.8 Å². The van der Waals surface area contributed by atoms with Gasteiger partial charge in [-0.1, -0.05) is 0 Å². The third kappa shape index (κ3) is 2.21. The van der Waals surface area contributed by atoms with Crippen molar-refractivity contribution in [1.29, 1.82) is 0 Å². The van der Waals surface area contributed by atoms with Crippen LogP contribution in [0.1, 0.15) is 10.4 Å². The number of rotatable bonds is 2. The summed E-state index contributed by atoms with van der Waals surface area (Å²) in [6.07, 6.45) is 0. The molecule has 6 heteroatoms. The summed E-state index contributed by atoms with van der Waals surface area (Å²) in [5, 5.41) is 0.775. The van der Waals surface area contributed by atoms with Crippen LogP contribution >= 0.6 is 0 Å². The molecule has 0 saturated carbocycles. The molecule has 0 unspecified atom stereocenters. The van der Waals surface area contributed by atoms with Gasteiger partial charge in [-0.2, -0.15) is 0 Å². The van der Waals surface area contributed by atoms with E-state index in [1.807, 2.05) is 0 Å². The van der Waals surface area contributed by atoms with Crippen LogP contribution in [0.25, 0.3) is 0 Å². The van der Waals surface area contributed by atoms with E-state index in [9.17, 15) is 13.6 Å². The van der Waals surface area contributed by atoms with Crippen LogP contribution in [0.5, 0.6) is 0 Å². The Morgan fingerprint density at radius 3 is 2.60 bits per heavy atom. The molecule has 0 aromatic heterocycles. The first kappa shape index (κ1) is 11.4. The molecule has 0 spiro atoms. The Labute approximate surface area is 85.2 Å². The highest BCUT2D eigenvalue weighted by Gasteiger charge is 2.19. The Morgan fingerprint density at radius 1 is 1.47 bits per heavy atom. The molecule has 0 saturated heterocycles. The molecule has 0 aliphatic rings. The lowest BCUT2D eigenvalue weighted by Gasteiger charge is -2.14. The molecule has 0 radical (unpaired) electrons. The first-order valence-corrected chi connectivity index (χ1v) is 4.04. The number of nitrogens with two attached hydrogens (primary N) is 1. The molecule has 0 heterocycles. The Balaban J connectivity index is 3.19. The minimum absolute atomic E-state index is 0.414. The lowest BCUT2D eigenvalue weighted by atomic mass is 10.1. The molecule has 1 rings (SSSR count). The van der Waals surface area contributed by atoms with E-state index >= 15 is 0 Å². The van der Waals surface area contributed by atoms with Gasteiger partial charge in [-0.05, 0) is 12.1 Å². The summed E-state index contributed by atoms with van der Waals surface area (Å²) in [5.41, 5.74) is 4.30. The standard InChI is InChI=1S/C9H10F2N2O2/c1-13(15-2)9(14)6-3-5(10)4-7(12)8(6)11/h3-4H,12H2,1-2H3. The Morgan fingerprint density at radius 2 is 2.07 bits per heavy atom. The number of amides is 1. The van der Waals surface area contributed by atoms with Crippen LogP contribution in [0.4, 0.5) is 14.5 Å². The maximum Gasteiger partial charge on any atom is 0.280 e. The molecule has 4 nitrogen and oxygen atoms in total. The normalized spacial score (nSPS) is 10.1. The maximum atomic E-state index is 13.3. The van der Waals surface area contributed by atoms with Gasteiger partial charge in [0.15, 0.2) is 5.82 Å². The van der Waals surface area contributed by atoms with Gasteiger partial charge in [0.25, 0.3) is 5.91 Å². The second kappa shape index (κ2) is 4.22. The predicted molar refractivity (Wildman–Crippen MR) is 49.9 cm³/mol. The molecule has 1 aromatic carbocycles. The van der Waals surface area contributed by atoms with Gasteiger partial charge in [0.1, 0.15) is 5.82 Å². The molecule has 0 atom stereocenters. The molecule has 2 N–H and O–H groups in total. The first-order chi connectivity index (χ1) is 6.97. The van der Waals surface area contributed by atoms with E-state index in [1.54, 1.807) is 0 Å². The summed E-state index contributed by atoms with van der Waals surface area (Å²) in [6.45, 7) is 0. The molecule has 1 aromatic rings. The van der Waals surface area contributed by atoms with Crippen molar-refractivity contribution in [3.05, 3.63) is 29.3 Å². The van der Waals surface area contributed by atoms with E-state index in [0.29, 0.717) is 0 Å². The number of halogens is 2. The second-order valence-electron chi connectivity index (χ2n) is 2.84. The molecule has 15 heavy (non-hydrogen) atoms. The van der Waals surface area contributed by atoms with Crippen molar-refractivity contribution in [2.75, 3.05) is 19.9 Å². The molecular formula is C9H10F2N2O2. The number of carbonyl (C=O) groups is 1. The number of carbonyl (C=O) groups excluding carboxylic acids is 1. The number of hydrogen-bond donors (Lipinski definition) is 1. The quantitative estimate of drug-likeness (QED) is 0.596. The zero-order chi connectivity index (χ0) is 11.6. The zero-order valence-corrected chi connectivity index (χ0v) is 8.25. The summed E-state index contributed by atoms with van der Waals surface area (Å²) in [5.74, 6) is -2.53. The largest absolute Gasteiger partial charge is 0.396 e. The number of hydrogen-bond acceptors (Lipinski definition) is 3. The molecule has 0 aliphatic carbocycles. The highest BCUT2D eigenvalue weighted by atomic mass is 19.1. The van der Waals surface area contributed by atoms with Crippen molar-refractivity contribution in [2.45, 2.75) is 0 Å². The molecule has 0 bridgehead atoms. The summed E-state index contributed by atoms with van der Waals surface area (Å²) in [4.78, 5) is 16.0. The van der Waals surface area contributed by atoms with Crippen molar-refractivity contribution in [3.8, 4) is 0 Å². The lowest BCUT2D eigenvalue weighted by molar-refractivity contribution is -0.0759. The minimum atomic E-state index is -0.953. The third-order valence-corrected chi connectivity index (χ3v) is 1.86. The third-order valence-electron chi connectivity index (χ3n) is 1.86. The van der Waals surface area contributed by atoms with Crippen molar-refractivity contribution < 1.29 is 18.4 Å². The fourth-order valence-corrected chi connectivity index (χ4v) is 1.02. The Hall–Kier alpha value is -1.69. The summed E-state index contributed by atoms with van der Waals surface area (Å²) < 4.78 is 26.2. The Bertz CT molecular complexity index is 396. The van der Waals surface area contributed by atoms with Crippen molar-refractivity contribution >= 4 is 11.6 Å². The molecule has 1 amide bonds. The van der Waals surface area contributed by atoms with Gasteiger partial charge >= 0.3 is 0 Å². The van der Waals surface area contributed by atoms with Crippen LogP contribution in [0.2, 0.25) is 0 Å². The van der Waals surface area contributed by atoms with Crippen molar-refractivity contribution in [3.63, 3.8) is 0 Å². The SMILES string of the molecule is CON(C)C(=O)c1cc(F)cc(N)c1F. The average Bonchev–Trinajstić information content (AvgIpc) is 2.21. The van der Waals surface area contributed by atoms with Crippen molar-refractivity contribution in [1.82, 2.24) is 5.06 Å². The second-order valence-corrected chi connectivity index (χ2v) is 2.84. The number of anilines is 1. The molecule has 0 fully saturated rings. The Kier molecular flexibility index (Phi) is 3.21. The van der Waals surface area contributed by atoms with Crippen LogP contribution in [-0.2, 0) is 4.84 Å². The van der Waals surface area contributed by atoms with Gasteiger partial charge in [0.2, 0.25) is 0 Å². The van der Waals surface area contributed by atoms with Gasteiger partial charge in [-0.3, -0.25) is 9.63 Å². The van der Waals surface area contributed by atoms with Gasteiger partial charge < -0.3 is 5.73 Å². The van der Waals surface area contributed by atoms with Crippen LogP contribution < -0.4 is 5.73 Å². The highest BCUT2D eigenvalue weighted by molar-refractivity contribution is 5.94. The molecule has 82 valence electrons. The highest BCUT2D eigenvalue weighted by Crippen LogP contribution is 2.18. The van der Waals surface area contributed by atoms with E-state index in [2.05, 4.69) is 4.84 Å². The van der Waals surface area contributed by atoms with E-state index in [-0.39, 0.29) is 0 Å². The molecular weight excluding hydrogens is 206 g/mol. The van der Waals surface area contributed by atoms with Crippen LogP contribution in [-0.4, -0.2) is 25.1 Å². The summed E-state index contributed by atoms with van der Waals surface area (Å²) in [7, 11) is 2.52. The fourth-order valence-electron chi connectivity index (χ4n) is 1.02. The smallest absolute Gasteiger partial charge is 0.280 e. The molecule has 0 aliphatic heterocycles. The van der Waals surface area contributed by atoms with Crippen LogP contribution in [0.15, 0.2) is 12.1 Å². The fraction of sp³-hybridized carbons (Fsp3) is 0.222. The van der Waals surface area contributed by atoms with Crippen LogP contribution in [0.3, 0.4) is 0 Å². The van der Waals surface area contributed by atoms with Gasteiger partial charge in [0.05, 0.1) is 18.4 Å². The van der Waals surface area contributed by atoms with E-state index in [4.69, 9.17) is 5.73 Å². The first-order valence-electron chi connectivity index (χ1n) is 4.04. The number of benzene rings is 1. The average molecular weight is 216 g/mol. The van der Waals surface area contributed by atoms with Gasteiger partial charge in [-0.15, -0.1) is 0 Å². The van der Waals surface area contributed by atoms with E-state index in [1.165, 1.54) is 14.2 Å². The summed E-state index contributed by atoms with van der Waals surface area (Å²) in [6, 6.07) is 1.57. The number of nitrogens with zero attached hydrogens (tertiary/aromatic N) is 1. The van der Waals surface area contributed by atoms with Gasteiger partial charge in [-0.25, -0.2) is 13.8 Å². The monoisotopic (exact) mass is 216 g/mol. The van der Waals surface area contributed by atoms with Crippen molar-refractivity contribution in [2.24, 2.45) is 0 Å². The number of nitrogen functional groups attached to an aromatic ring is 1. The minimum Gasteiger partial charge on any atom is -0.396 e.